The highest BCUT2D eigenvalue weighted by molar-refractivity contribution is 6.99. The predicted molar refractivity (Wildman–Crippen MR) is 71.3 cm³/mol. The van der Waals surface area contributed by atoms with E-state index in [1.807, 2.05) is 0 Å². The van der Waals surface area contributed by atoms with Gasteiger partial charge in [-0.15, -0.1) is 4.37 Å². The Labute approximate surface area is 118 Å². The number of halogens is 2. The van der Waals surface area contributed by atoms with Crippen molar-refractivity contribution < 1.29 is 14.2 Å². The number of nitrogens with zero attached hydrogens (tertiary/aromatic N) is 2. The third-order valence-electron chi connectivity index (χ3n) is 2.23. The first-order valence-electron chi connectivity index (χ1n) is 5.42. The Morgan fingerprint density at radius 3 is 3.05 bits per heavy atom. The molecule has 0 fully saturated rings. The minimum absolute atomic E-state index is 0.0317. The minimum Gasteiger partial charge on any atom is -0.473 e. The molecule has 5 nitrogen and oxygen atoms in total. The van der Waals surface area contributed by atoms with E-state index >= 15 is 0 Å². The minimum atomic E-state index is -0.731. The number of hydrogen-bond acceptors (Lipinski definition) is 6. The van der Waals surface area contributed by atoms with Crippen molar-refractivity contribution in [3.63, 3.8) is 0 Å². The second kappa shape index (κ2) is 6.65. The lowest BCUT2D eigenvalue weighted by Gasteiger charge is -2.13. The summed E-state index contributed by atoms with van der Waals surface area (Å²) in [5, 5.41) is 12.7. The molecule has 1 unspecified atom stereocenters. The van der Waals surface area contributed by atoms with Gasteiger partial charge in [0.05, 0.1) is 16.8 Å². The average Bonchev–Trinajstić information content (AvgIpc) is 2.91. The first-order valence-corrected chi connectivity index (χ1v) is 6.53. The van der Waals surface area contributed by atoms with Crippen LogP contribution >= 0.6 is 23.3 Å². The van der Waals surface area contributed by atoms with Crippen molar-refractivity contribution in [1.82, 2.24) is 8.75 Å². The largest absolute Gasteiger partial charge is 0.473 e. The van der Waals surface area contributed by atoms with E-state index in [1.54, 1.807) is 6.07 Å². The van der Waals surface area contributed by atoms with Gasteiger partial charge in [-0.2, -0.15) is 4.37 Å². The molecule has 102 valence electrons. The quantitative estimate of drug-likeness (QED) is 0.856. The van der Waals surface area contributed by atoms with Crippen LogP contribution in [-0.4, -0.2) is 33.1 Å². The number of aliphatic hydroxyl groups is 1. The molecule has 2 N–H and O–H groups in total. The van der Waals surface area contributed by atoms with Crippen molar-refractivity contribution in [2.75, 3.05) is 18.5 Å². The van der Waals surface area contributed by atoms with Gasteiger partial charge in [0.1, 0.15) is 24.7 Å². The van der Waals surface area contributed by atoms with Crippen LogP contribution in [0.1, 0.15) is 0 Å². The van der Waals surface area contributed by atoms with E-state index in [1.165, 1.54) is 18.3 Å². The van der Waals surface area contributed by atoms with Gasteiger partial charge >= 0.3 is 0 Å². The molecule has 2 aromatic rings. The molecule has 0 saturated carbocycles. The van der Waals surface area contributed by atoms with Crippen molar-refractivity contribution in [2.24, 2.45) is 0 Å². The molecule has 8 heteroatoms. The Morgan fingerprint density at radius 1 is 1.53 bits per heavy atom. The van der Waals surface area contributed by atoms with Crippen LogP contribution < -0.4 is 10.1 Å². The fourth-order valence-corrected chi connectivity index (χ4v) is 1.85. The lowest BCUT2D eigenvalue weighted by molar-refractivity contribution is 0.115. The van der Waals surface area contributed by atoms with E-state index in [2.05, 4.69) is 14.1 Å². The van der Waals surface area contributed by atoms with Crippen molar-refractivity contribution in [2.45, 2.75) is 6.10 Å². The van der Waals surface area contributed by atoms with Crippen LogP contribution in [0.2, 0.25) is 5.02 Å². The summed E-state index contributed by atoms with van der Waals surface area (Å²) in [6.45, 7) is 0.340. The van der Waals surface area contributed by atoms with Crippen LogP contribution in [0, 0.1) is 5.82 Å². The summed E-state index contributed by atoms with van der Waals surface area (Å²) in [7, 11) is 0. The zero-order chi connectivity index (χ0) is 13.7. The Balaban J connectivity index is 1.76. The molecule has 0 radical (unpaired) electrons. The summed E-state index contributed by atoms with van der Waals surface area (Å²) in [6.07, 6.45) is 0.746. The van der Waals surface area contributed by atoms with Gasteiger partial charge in [0.15, 0.2) is 0 Å². The van der Waals surface area contributed by atoms with E-state index in [0.717, 1.165) is 11.7 Å². The summed E-state index contributed by atoms with van der Waals surface area (Å²) >= 11 is 6.67. The van der Waals surface area contributed by atoms with E-state index in [-0.39, 0.29) is 18.2 Å². The maximum absolute atomic E-state index is 12.9. The molecule has 0 aliphatic rings. The zero-order valence-electron chi connectivity index (χ0n) is 9.72. The molecule has 0 aliphatic heterocycles. The molecule has 0 amide bonds. The molecule has 1 aromatic carbocycles. The highest BCUT2D eigenvalue weighted by Gasteiger charge is 2.07. The Kier molecular flexibility index (Phi) is 4.89. The number of nitrogens with one attached hydrogen (secondary N) is 1. The van der Waals surface area contributed by atoms with Gasteiger partial charge < -0.3 is 15.2 Å². The van der Waals surface area contributed by atoms with Crippen LogP contribution in [0.4, 0.5) is 10.1 Å². The summed E-state index contributed by atoms with van der Waals surface area (Å²) in [5.74, 6) is -0.0963. The summed E-state index contributed by atoms with van der Waals surface area (Å²) in [6, 6.07) is 4.25. The van der Waals surface area contributed by atoms with Crippen molar-refractivity contribution in [1.29, 1.82) is 0 Å². The first-order chi connectivity index (χ1) is 9.15. The molecule has 1 heterocycles. The summed E-state index contributed by atoms with van der Waals surface area (Å²) < 4.78 is 25.7. The van der Waals surface area contributed by atoms with Crippen molar-refractivity contribution in [3.8, 4) is 5.88 Å². The number of rotatable bonds is 6. The zero-order valence-corrected chi connectivity index (χ0v) is 11.3. The average molecular weight is 304 g/mol. The van der Waals surface area contributed by atoms with Crippen molar-refractivity contribution >= 4 is 29.0 Å². The van der Waals surface area contributed by atoms with E-state index in [0.29, 0.717) is 11.6 Å². The third-order valence-corrected chi connectivity index (χ3v) is 2.98. The van der Waals surface area contributed by atoms with Gasteiger partial charge in [0, 0.05) is 12.2 Å². The first kappa shape index (κ1) is 14.0. The van der Waals surface area contributed by atoms with E-state index in [4.69, 9.17) is 16.3 Å². The van der Waals surface area contributed by atoms with Gasteiger partial charge in [-0.05, 0) is 18.2 Å². The molecule has 0 spiro atoms. The second-order valence-electron chi connectivity index (χ2n) is 3.72. The van der Waals surface area contributed by atoms with Crippen LogP contribution in [0.5, 0.6) is 5.88 Å². The molecular formula is C11H11ClFN3O2S. The molecule has 0 aliphatic carbocycles. The van der Waals surface area contributed by atoms with Gasteiger partial charge in [-0.25, -0.2) is 4.39 Å². The SMILES string of the molecule is OC(CNc1ccc(F)c(Cl)c1)COc1cnsn1. The van der Waals surface area contributed by atoms with E-state index in [9.17, 15) is 9.50 Å². The highest BCUT2D eigenvalue weighted by atomic mass is 35.5. The van der Waals surface area contributed by atoms with Crippen LogP contribution in [-0.2, 0) is 0 Å². The fourth-order valence-electron chi connectivity index (χ4n) is 1.30. The number of benzene rings is 1. The molecule has 1 aromatic heterocycles. The van der Waals surface area contributed by atoms with Gasteiger partial charge in [-0.1, -0.05) is 11.6 Å². The number of aromatic nitrogens is 2. The van der Waals surface area contributed by atoms with Gasteiger partial charge in [-0.3, -0.25) is 0 Å². The van der Waals surface area contributed by atoms with Gasteiger partial charge in [0.25, 0.3) is 0 Å². The topological polar surface area (TPSA) is 67.3 Å². The molecule has 1 atom stereocenters. The normalized spacial score (nSPS) is 12.2. The Morgan fingerprint density at radius 2 is 2.37 bits per heavy atom. The van der Waals surface area contributed by atoms with Crippen molar-refractivity contribution in [3.05, 3.63) is 35.2 Å². The standard InChI is InChI=1S/C11H11ClFN3O2S/c12-9-3-7(1-2-10(9)13)14-4-8(17)6-18-11-5-15-19-16-11/h1-3,5,8,14,17H,4,6H2. The Hall–Kier alpha value is -1.44. The maximum Gasteiger partial charge on any atom is 0.245 e. The number of aliphatic hydroxyl groups excluding tert-OH is 1. The number of anilines is 1. The van der Waals surface area contributed by atoms with Crippen LogP contribution in [0.25, 0.3) is 0 Å². The highest BCUT2D eigenvalue weighted by Crippen LogP contribution is 2.19. The summed E-state index contributed by atoms with van der Waals surface area (Å²) in [5.41, 5.74) is 0.626. The summed E-state index contributed by atoms with van der Waals surface area (Å²) in [4.78, 5) is 0. The molecular weight excluding hydrogens is 293 g/mol. The van der Waals surface area contributed by atoms with Gasteiger partial charge in [0.2, 0.25) is 5.88 Å². The number of hydrogen-bond donors (Lipinski definition) is 2. The van der Waals surface area contributed by atoms with Crippen LogP contribution in [0.15, 0.2) is 24.4 Å². The molecule has 19 heavy (non-hydrogen) atoms. The lowest BCUT2D eigenvalue weighted by Crippen LogP contribution is -2.26. The smallest absolute Gasteiger partial charge is 0.245 e. The third kappa shape index (κ3) is 4.30. The Bertz CT molecular complexity index is 527. The maximum atomic E-state index is 12.9. The fraction of sp³-hybridized carbons (Fsp3) is 0.273. The molecule has 0 bridgehead atoms. The second-order valence-corrected chi connectivity index (χ2v) is 4.68. The van der Waals surface area contributed by atoms with E-state index < -0.39 is 11.9 Å². The lowest BCUT2D eigenvalue weighted by atomic mass is 10.3. The number of ether oxygens (including phenoxy) is 1. The predicted octanol–water partition coefficient (Wildman–Crippen LogP) is 2.18. The van der Waals surface area contributed by atoms with Crippen LogP contribution in [0.3, 0.4) is 0 Å². The molecule has 0 saturated heterocycles. The molecule has 2 rings (SSSR count). The monoisotopic (exact) mass is 303 g/mol.